The molecule has 1 aliphatic heterocycles. The van der Waals surface area contributed by atoms with Gasteiger partial charge >= 0.3 is 6.09 Å². The molecule has 0 saturated carbocycles. The average Bonchev–Trinajstić information content (AvgIpc) is 2.34. The van der Waals surface area contributed by atoms with Crippen LogP contribution < -0.4 is 11.1 Å². The first-order valence-corrected chi connectivity index (χ1v) is 3.42. The van der Waals surface area contributed by atoms with E-state index in [2.05, 4.69) is 10.1 Å². The number of nitrogens with one attached hydrogen (secondary N) is 1. The highest BCUT2D eigenvalue weighted by Crippen LogP contribution is 2.06. The van der Waals surface area contributed by atoms with Gasteiger partial charge in [-0.1, -0.05) is 0 Å². The number of rotatable bonds is 2. The van der Waals surface area contributed by atoms with Gasteiger partial charge in [0.2, 0.25) is 0 Å². The molecule has 0 aromatic heterocycles. The smallest absolute Gasteiger partial charge is 0.404 e. The second kappa shape index (κ2) is 3.41. The Morgan fingerprint density at radius 1 is 1.80 bits per heavy atom. The summed E-state index contributed by atoms with van der Waals surface area (Å²) < 4.78 is 4.62. The Morgan fingerprint density at radius 2 is 2.60 bits per heavy atom. The Balaban J connectivity index is 2.07. The maximum Gasteiger partial charge on any atom is 0.404 e. The Bertz CT molecular complexity index is 121. The summed E-state index contributed by atoms with van der Waals surface area (Å²) in [6.45, 7) is 2.42. The van der Waals surface area contributed by atoms with Crippen LogP contribution in [0.15, 0.2) is 0 Å². The van der Waals surface area contributed by atoms with Crippen molar-refractivity contribution in [2.24, 2.45) is 11.7 Å². The molecule has 4 nitrogen and oxygen atoms in total. The molecule has 10 heavy (non-hydrogen) atoms. The minimum Gasteiger partial charge on any atom is -0.449 e. The van der Waals surface area contributed by atoms with E-state index in [9.17, 15) is 4.79 Å². The van der Waals surface area contributed by atoms with Crippen LogP contribution in [-0.2, 0) is 4.74 Å². The minimum absolute atomic E-state index is 0.461. The quantitative estimate of drug-likeness (QED) is 0.558. The van der Waals surface area contributed by atoms with Gasteiger partial charge in [0.25, 0.3) is 0 Å². The molecule has 3 N–H and O–H groups in total. The van der Waals surface area contributed by atoms with Crippen molar-refractivity contribution in [3.05, 3.63) is 0 Å². The Labute approximate surface area is 59.7 Å². The number of primary amides is 1. The first kappa shape index (κ1) is 7.34. The molecule has 0 spiro atoms. The summed E-state index contributed by atoms with van der Waals surface area (Å²) in [4.78, 5) is 10.1. The van der Waals surface area contributed by atoms with E-state index < -0.39 is 6.09 Å². The molecule has 1 saturated heterocycles. The number of hydrogen-bond acceptors (Lipinski definition) is 3. The number of amides is 1. The van der Waals surface area contributed by atoms with Gasteiger partial charge in [0, 0.05) is 12.5 Å². The number of nitrogens with two attached hydrogens (primary N) is 1. The van der Waals surface area contributed by atoms with E-state index in [1.807, 2.05) is 0 Å². The van der Waals surface area contributed by atoms with E-state index in [0.717, 1.165) is 19.5 Å². The summed E-state index contributed by atoms with van der Waals surface area (Å²) >= 11 is 0. The Morgan fingerprint density at radius 3 is 3.10 bits per heavy atom. The molecule has 0 aromatic rings. The van der Waals surface area contributed by atoms with Crippen LogP contribution in [0.3, 0.4) is 0 Å². The Kier molecular flexibility index (Phi) is 2.50. The van der Waals surface area contributed by atoms with Gasteiger partial charge in [-0.25, -0.2) is 4.79 Å². The summed E-state index contributed by atoms with van der Waals surface area (Å²) in [6.07, 6.45) is 0.403. The zero-order valence-corrected chi connectivity index (χ0v) is 5.80. The molecule has 58 valence electrons. The predicted octanol–water partition coefficient (Wildman–Crippen LogP) is -0.309. The van der Waals surface area contributed by atoms with Gasteiger partial charge in [0.1, 0.15) is 0 Å². The summed E-state index contributed by atoms with van der Waals surface area (Å²) in [5.74, 6) is 0.465. The van der Waals surface area contributed by atoms with Gasteiger partial charge in [-0.15, -0.1) is 0 Å². The Hall–Kier alpha value is -0.770. The second-order valence-electron chi connectivity index (χ2n) is 2.49. The second-order valence-corrected chi connectivity index (χ2v) is 2.49. The zero-order valence-electron chi connectivity index (χ0n) is 5.80. The van der Waals surface area contributed by atoms with Gasteiger partial charge in [-0.05, 0) is 13.0 Å². The summed E-state index contributed by atoms with van der Waals surface area (Å²) in [7, 11) is 0. The molecule has 1 heterocycles. The number of hydrogen-bond donors (Lipinski definition) is 2. The van der Waals surface area contributed by atoms with Gasteiger partial charge < -0.3 is 15.8 Å². The fraction of sp³-hybridized carbons (Fsp3) is 0.833. The van der Waals surface area contributed by atoms with Crippen molar-refractivity contribution < 1.29 is 9.53 Å². The van der Waals surface area contributed by atoms with Crippen LogP contribution in [0.1, 0.15) is 6.42 Å². The summed E-state index contributed by atoms with van der Waals surface area (Å²) in [5.41, 5.74) is 4.79. The molecule has 1 rings (SSSR count). The van der Waals surface area contributed by atoms with Gasteiger partial charge in [-0.3, -0.25) is 0 Å². The molecule has 1 atom stereocenters. The molecule has 0 aromatic carbocycles. The van der Waals surface area contributed by atoms with Crippen molar-refractivity contribution in [2.45, 2.75) is 6.42 Å². The van der Waals surface area contributed by atoms with E-state index in [0.29, 0.717) is 12.5 Å². The van der Waals surface area contributed by atoms with Gasteiger partial charge in [0.05, 0.1) is 6.61 Å². The molecule has 4 heteroatoms. The fourth-order valence-electron chi connectivity index (χ4n) is 1.06. The van der Waals surface area contributed by atoms with Crippen LogP contribution in [0, 0.1) is 5.92 Å². The number of ether oxygens (including phenoxy) is 1. The first-order valence-electron chi connectivity index (χ1n) is 3.42. The maximum absolute atomic E-state index is 10.1. The fourth-order valence-corrected chi connectivity index (χ4v) is 1.06. The van der Waals surface area contributed by atoms with Crippen LogP contribution in [0.5, 0.6) is 0 Å². The standard InChI is InChI=1S/C6H12N2O2/c7-6(9)10-4-5-1-2-8-3-5/h5,8H,1-4H2,(H2,7,9)/t5-/m1/s1. The van der Waals surface area contributed by atoms with E-state index in [1.54, 1.807) is 0 Å². The first-order chi connectivity index (χ1) is 4.79. The molecular weight excluding hydrogens is 132 g/mol. The lowest BCUT2D eigenvalue weighted by atomic mass is 10.1. The average molecular weight is 144 g/mol. The van der Waals surface area contributed by atoms with Crippen LogP contribution >= 0.6 is 0 Å². The van der Waals surface area contributed by atoms with Crippen molar-refractivity contribution in [2.75, 3.05) is 19.7 Å². The minimum atomic E-state index is -0.674. The lowest BCUT2D eigenvalue weighted by Gasteiger charge is -2.06. The molecule has 1 fully saturated rings. The zero-order chi connectivity index (χ0) is 7.40. The van der Waals surface area contributed by atoms with E-state index >= 15 is 0 Å². The summed E-state index contributed by atoms with van der Waals surface area (Å²) in [6, 6.07) is 0. The van der Waals surface area contributed by atoms with Crippen molar-refractivity contribution in [1.82, 2.24) is 5.32 Å². The van der Waals surface area contributed by atoms with Gasteiger partial charge in [0.15, 0.2) is 0 Å². The molecule has 0 radical (unpaired) electrons. The highest BCUT2D eigenvalue weighted by atomic mass is 16.5. The third kappa shape index (κ3) is 2.23. The van der Waals surface area contributed by atoms with Crippen LogP contribution in [0.2, 0.25) is 0 Å². The van der Waals surface area contributed by atoms with Gasteiger partial charge in [-0.2, -0.15) is 0 Å². The number of carbonyl (C=O) groups is 1. The molecule has 0 unspecified atom stereocenters. The third-order valence-electron chi connectivity index (χ3n) is 1.62. The molecule has 1 amide bonds. The predicted molar refractivity (Wildman–Crippen MR) is 36.5 cm³/mol. The van der Waals surface area contributed by atoms with E-state index in [1.165, 1.54) is 0 Å². The largest absolute Gasteiger partial charge is 0.449 e. The molecule has 0 aliphatic carbocycles. The van der Waals surface area contributed by atoms with Crippen LogP contribution in [-0.4, -0.2) is 25.8 Å². The third-order valence-corrected chi connectivity index (χ3v) is 1.62. The van der Waals surface area contributed by atoms with Crippen molar-refractivity contribution in [1.29, 1.82) is 0 Å². The molecule has 1 aliphatic rings. The van der Waals surface area contributed by atoms with Crippen molar-refractivity contribution >= 4 is 6.09 Å². The van der Waals surface area contributed by atoms with E-state index in [-0.39, 0.29) is 0 Å². The lowest BCUT2D eigenvalue weighted by Crippen LogP contribution is -2.20. The highest BCUT2D eigenvalue weighted by molar-refractivity contribution is 5.64. The highest BCUT2D eigenvalue weighted by Gasteiger charge is 2.15. The molecule has 0 bridgehead atoms. The normalized spacial score (nSPS) is 24.6. The number of carbonyl (C=O) groups excluding carboxylic acids is 1. The van der Waals surface area contributed by atoms with Crippen LogP contribution in [0.25, 0.3) is 0 Å². The van der Waals surface area contributed by atoms with Crippen molar-refractivity contribution in [3.8, 4) is 0 Å². The van der Waals surface area contributed by atoms with Crippen LogP contribution in [0.4, 0.5) is 4.79 Å². The summed E-state index contributed by atoms with van der Waals surface area (Å²) in [5, 5.41) is 3.16. The van der Waals surface area contributed by atoms with E-state index in [4.69, 9.17) is 5.73 Å². The lowest BCUT2D eigenvalue weighted by molar-refractivity contribution is 0.140. The monoisotopic (exact) mass is 144 g/mol. The molecular formula is C6H12N2O2. The van der Waals surface area contributed by atoms with Crippen molar-refractivity contribution in [3.63, 3.8) is 0 Å². The topological polar surface area (TPSA) is 64.4 Å². The SMILES string of the molecule is NC(=O)OC[C@@H]1CCNC1. The maximum atomic E-state index is 10.1.